The number of carbonyl (C=O) groups excluding carboxylic acids is 2. The van der Waals surface area contributed by atoms with Crippen molar-refractivity contribution in [3.8, 4) is 11.8 Å². The van der Waals surface area contributed by atoms with Crippen LogP contribution in [0.5, 0.6) is 5.75 Å². The van der Waals surface area contributed by atoms with Crippen molar-refractivity contribution in [1.29, 1.82) is 5.26 Å². The third kappa shape index (κ3) is 6.65. The second-order valence-corrected chi connectivity index (χ2v) is 9.41. The van der Waals surface area contributed by atoms with Crippen LogP contribution in [0.4, 0.5) is 5.69 Å². The summed E-state index contributed by atoms with van der Waals surface area (Å²) in [5.41, 5.74) is 0.870. The molecule has 2 unspecified atom stereocenters. The van der Waals surface area contributed by atoms with Crippen molar-refractivity contribution in [3.05, 3.63) is 36.9 Å². The van der Waals surface area contributed by atoms with Crippen LogP contribution in [-0.2, 0) is 9.59 Å². The van der Waals surface area contributed by atoms with Gasteiger partial charge in [-0.1, -0.05) is 12.1 Å². The number of benzene rings is 1. The molecule has 8 nitrogen and oxygen atoms in total. The predicted molar refractivity (Wildman–Crippen MR) is 135 cm³/mol. The maximum absolute atomic E-state index is 12.9. The lowest BCUT2D eigenvalue weighted by Gasteiger charge is -2.25. The molecule has 3 rings (SSSR count). The van der Waals surface area contributed by atoms with Gasteiger partial charge in [-0.3, -0.25) is 14.5 Å². The summed E-state index contributed by atoms with van der Waals surface area (Å²) in [4.78, 5) is 29.4. The predicted octanol–water partition coefficient (Wildman–Crippen LogP) is 2.80. The molecule has 2 aliphatic heterocycles. The number of hydrogen-bond donors (Lipinski definition) is 2. The van der Waals surface area contributed by atoms with E-state index in [-0.39, 0.29) is 26.5 Å². The van der Waals surface area contributed by atoms with Crippen molar-refractivity contribution in [1.82, 2.24) is 15.1 Å². The molecule has 0 aromatic heterocycles. The van der Waals surface area contributed by atoms with Crippen LogP contribution in [0.1, 0.15) is 22.6 Å². The lowest BCUT2D eigenvalue weighted by Crippen LogP contribution is -2.44. The Morgan fingerprint density at radius 2 is 2.24 bits per heavy atom. The number of hydrogen-bond acceptors (Lipinski definition) is 7. The second kappa shape index (κ2) is 12.5. The molecule has 0 bridgehead atoms. The lowest BCUT2D eigenvalue weighted by atomic mass is 10.1. The van der Waals surface area contributed by atoms with Crippen LogP contribution < -0.4 is 15.4 Å². The smallest absolute Gasteiger partial charge is 0.240 e. The highest BCUT2D eigenvalue weighted by molar-refractivity contribution is 8.01. The normalized spacial score (nSPS) is 21.5. The summed E-state index contributed by atoms with van der Waals surface area (Å²) in [5.74, 6) is -0.583. The molecule has 2 aliphatic rings. The zero-order valence-electron chi connectivity index (χ0n) is 19.2. The summed E-state index contributed by atoms with van der Waals surface area (Å²) in [5, 5.41) is 14.7. The second-order valence-electron chi connectivity index (χ2n) is 8.09. The number of amides is 2. The van der Waals surface area contributed by atoms with Crippen LogP contribution >= 0.6 is 11.8 Å². The third-order valence-corrected chi connectivity index (χ3v) is 7.34. The van der Waals surface area contributed by atoms with E-state index in [1.165, 1.54) is 24.6 Å². The first-order valence-corrected chi connectivity index (χ1v) is 12.4. The molecule has 0 radical (unpaired) electrons. The number of anilines is 1. The number of nitriles is 1. The molecule has 0 aliphatic carbocycles. The molecule has 2 N–H and O–H groups in total. The first-order chi connectivity index (χ1) is 16.1. The van der Waals surface area contributed by atoms with Gasteiger partial charge in [-0.15, -0.1) is 18.3 Å². The van der Waals surface area contributed by atoms with Crippen molar-refractivity contribution in [2.75, 3.05) is 51.2 Å². The minimum atomic E-state index is -0.934. The lowest BCUT2D eigenvalue weighted by molar-refractivity contribution is -0.131. The average molecular weight is 476 g/mol. The number of rotatable bonds is 12. The Hall–Kier alpha value is -2.70. The van der Waals surface area contributed by atoms with E-state index in [1.807, 2.05) is 31.2 Å². The zero-order valence-corrected chi connectivity index (χ0v) is 20.0. The Morgan fingerprint density at radius 1 is 1.45 bits per heavy atom. The molecule has 0 saturated carbocycles. The Balaban J connectivity index is 0.00000306. The molecular weight excluding hydrogens is 438 g/mol. The molecule has 2 saturated heterocycles. The molecule has 33 heavy (non-hydrogen) atoms. The quantitative estimate of drug-likeness (QED) is 0.449. The molecule has 0 spiro atoms. The third-order valence-electron chi connectivity index (χ3n) is 5.84. The van der Waals surface area contributed by atoms with E-state index in [0.717, 1.165) is 31.1 Å². The topological polar surface area (TPSA) is 97.7 Å². The van der Waals surface area contributed by atoms with E-state index in [1.54, 1.807) is 11.0 Å². The molecule has 2 fully saturated rings. The van der Waals surface area contributed by atoms with Gasteiger partial charge in [0.15, 0.2) is 5.92 Å². The molecule has 1 aromatic carbocycles. The fraction of sp³-hybridized carbons (Fsp3) is 0.542. The Kier molecular flexibility index (Phi) is 9.46. The van der Waals surface area contributed by atoms with Gasteiger partial charge in [-0.05, 0) is 45.0 Å². The van der Waals surface area contributed by atoms with Crippen LogP contribution in [-0.4, -0.2) is 78.1 Å². The van der Waals surface area contributed by atoms with Gasteiger partial charge in [-0.25, -0.2) is 0 Å². The maximum atomic E-state index is 12.9. The highest BCUT2D eigenvalue weighted by atomic mass is 32.2. The highest BCUT2D eigenvalue weighted by Crippen LogP contribution is 2.36. The first-order valence-electron chi connectivity index (χ1n) is 11.5. The fourth-order valence-electron chi connectivity index (χ4n) is 4.08. The average Bonchev–Trinajstić information content (AvgIpc) is 3.45. The van der Waals surface area contributed by atoms with Crippen LogP contribution in [0.2, 0.25) is 0 Å². The van der Waals surface area contributed by atoms with Gasteiger partial charge in [0, 0.05) is 40.8 Å². The number of thioether (sulfide) groups is 1. The highest BCUT2D eigenvalue weighted by Gasteiger charge is 2.45. The van der Waals surface area contributed by atoms with E-state index in [9.17, 15) is 14.9 Å². The Bertz CT molecular complexity index is 879. The van der Waals surface area contributed by atoms with Crippen LogP contribution in [0.15, 0.2) is 36.9 Å². The van der Waals surface area contributed by atoms with Crippen molar-refractivity contribution in [2.24, 2.45) is 5.92 Å². The van der Waals surface area contributed by atoms with Gasteiger partial charge < -0.3 is 20.3 Å². The van der Waals surface area contributed by atoms with Gasteiger partial charge in [-0.2, -0.15) is 5.26 Å². The van der Waals surface area contributed by atoms with Crippen LogP contribution in [0.25, 0.3) is 0 Å². The fourth-order valence-corrected chi connectivity index (χ4v) is 5.59. The van der Waals surface area contributed by atoms with Gasteiger partial charge in [0.1, 0.15) is 23.0 Å². The SMILES string of the molecule is C=CCNC(=O)C(C#N)[C@@H]1SC(CNc2cccc(OCCN3CCCC3)c2)C(=O)N1CC.[HH].[HH]. The summed E-state index contributed by atoms with van der Waals surface area (Å²) in [6.07, 6.45) is 4.10. The Labute approximate surface area is 203 Å². The van der Waals surface area contributed by atoms with Gasteiger partial charge in [0.25, 0.3) is 0 Å². The van der Waals surface area contributed by atoms with Crippen LogP contribution in [0.3, 0.4) is 0 Å². The van der Waals surface area contributed by atoms with Crippen LogP contribution in [0, 0.1) is 17.2 Å². The zero-order chi connectivity index (χ0) is 23.6. The van der Waals surface area contributed by atoms with Gasteiger partial charge >= 0.3 is 0 Å². The minimum absolute atomic E-state index is 0. The largest absolute Gasteiger partial charge is 0.492 e. The summed E-state index contributed by atoms with van der Waals surface area (Å²) in [6, 6.07) is 9.80. The molecule has 2 heterocycles. The summed E-state index contributed by atoms with van der Waals surface area (Å²) < 4.78 is 5.91. The first kappa shape index (κ1) is 24.9. The molecule has 3 atom stereocenters. The van der Waals surface area contributed by atoms with E-state index >= 15 is 0 Å². The summed E-state index contributed by atoms with van der Waals surface area (Å²) >= 11 is 1.37. The minimum Gasteiger partial charge on any atom is -0.492 e. The van der Waals surface area contributed by atoms with Crippen molar-refractivity contribution >= 4 is 29.3 Å². The summed E-state index contributed by atoms with van der Waals surface area (Å²) in [7, 11) is 0. The molecular formula is C24H37N5O3S. The molecule has 9 heteroatoms. The number of nitrogens with zero attached hydrogens (tertiary/aromatic N) is 3. The maximum Gasteiger partial charge on any atom is 0.240 e. The Morgan fingerprint density at radius 3 is 2.94 bits per heavy atom. The molecule has 1 aromatic rings. The number of ether oxygens (including phenoxy) is 1. The van der Waals surface area contributed by atoms with Gasteiger partial charge in [0.2, 0.25) is 11.8 Å². The monoisotopic (exact) mass is 475 g/mol. The standard InChI is InChI=1S/C24H33N5O3S.2H2/c1-3-10-26-22(30)20(16-25)24-29(4-2)23(31)21(33-24)17-27-18-8-7-9-19(15-18)32-14-13-28-11-5-6-12-28;;/h3,7-9,15,20-21,24,27H,1,4-6,10-14,17H2,2H3,(H,26,30);2*1H/t20?,21?,24-;;/m0../s1. The number of nitrogens with one attached hydrogen (secondary N) is 2. The van der Waals surface area contributed by atoms with Gasteiger partial charge in [0.05, 0.1) is 6.07 Å². The number of likely N-dealkylation sites (tertiary alicyclic amines) is 1. The van der Waals surface area contributed by atoms with E-state index in [2.05, 4.69) is 28.2 Å². The van der Waals surface area contributed by atoms with E-state index < -0.39 is 11.3 Å². The van der Waals surface area contributed by atoms with E-state index in [0.29, 0.717) is 19.7 Å². The van der Waals surface area contributed by atoms with Crippen molar-refractivity contribution in [2.45, 2.75) is 30.4 Å². The van der Waals surface area contributed by atoms with E-state index in [4.69, 9.17) is 4.74 Å². The summed E-state index contributed by atoms with van der Waals surface area (Å²) in [6.45, 7) is 10.5. The van der Waals surface area contributed by atoms with Crippen molar-refractivity contribution in [3.63, 3.8) is 0 Å². The number of carbonyl (C=O) groups is 2. The van der Waals surface area contributed by atoms with Crippen molar-refractivity contribution < 1.29 is 17.2 Å². The molecule has 2 amide bonds. The molecule has 182 valence electrons.